The highest BCUT2D eigenvalue weighted by molar-refractivity contribution is 6.41. The number of nitrogens with one attached hydrogen (secondary N) is 1. The number of para-hydroxylation sites is 2. The number of hydrogen-bond acceptors (Lipinski definition) is 5. The number of piperidine rings is 2. The van der Waals surface area contributed by atoms with Gasteiger partial charge >= 0.3 is 11.9 Å². The van der Waals surface area contributed by atoms with Crippen molar-refractivity contribution in [3.63, 3.8) is 0 Å². The molecule has 0 radical (unpaired) electrons. The minimum atomic E-state index is -1.60. The maximum Gasteiger partial charge on any atom is 0.394 e. The molecule has 2 saturated carbocycles. The molecule has 4 fully saturated rings. The molecule has 8 heteroatoms. The third-order valence-electron chi connectivity index (χ3n) is 9.02. The van der Waals surface area contributed by atoms with Crippen molar-refractivity contribution in [1.29, 1.82) is 0 Å². The average molecular weight is 496 g/mol. The first-order valence-corrected chi connectivity index (χ1v) is 13.6. The predicted molar refractivity (Wildman–Crippen MR) is 136 cm³/mol. The van der Waals surface area contributed by atoms with E-state index in [4.69, 9.17) is 5.11 Å². The van der Waals surface area contributed by atoms with Crippen molar-refractivity contribution in [2.75, 3.05) is 10.2 Å². The number of carboxylic acids is 1. The van der Waals surface area contributed by atoms with E-state index in [1.165, 1.54) is 56.8 Å². The van der Waals surface area contributed by atoms with E-state index in [0.717, 1.165) is 37.5 Å². The van der Waals surface area contributed by atoms with Crippen molar-refractivity contribution < 1.29 is 24.3 Å². The van der Waals surface area contributed by atoms with Crippen LogP contribution in [0, 0.1) is 11.8 Å². The van der Waals surface area contributed by atoms with E-state index in [2.05, 4.69) is 10.2 Å². The Morgan fingerprint density at radius 3 is 2.08 bits per heavy atom. The summed E-state index contributed by atoms with van der Waals surface area (Å²) in [6.07, 6.45) is 13.0. The Morgan fingerprint density at radius 1 is 0.861 bits per heavy atom. The Labute approximate surface area is 212 Å². The fourth-order valence-electron chi connectivity index (χ4n) is 7.74. The molecule has 36 heavy (non-hydrogen) atoms. The summed E-state index contributed by atoms with van der Waals surface area (Å²) in [5.74, 6) is -2.26. The molecular formula is C28H37N3O5. The number of Topliss-reactive ketones (excluding diaryl/α,β-unsaturated/α-hetero) is 1. The number of carbonyl (C=O) groups excluding carboxylic acids is 3. The lowest BCUT2D eigenvalue weighted by Crippen LogP contribution is -2.62. The highest BCUT2D eigenvalue weighted by Gasteiger charge is 2.47. The molecular weight excluding hydrogens is 458 g/mol. The first kappa shape index (κ1) is 24.9. The van der Waals surface area contributed by atoms with Crippen LogP contribution in [0.2, 0.25) is 0 Å². The van der Waals surface area contributed by atoms with Crippen LogP contribution in [0.1, 0.15) is 77.6 Å². The number of benzene rings is 1. The molecule has 4 atom stereocenters. The highest BCUT2D eigenvalue weighted by atomic mass is 16.4. The lowest BCUT2D eigenvalue weighted by Gasteiger charge is -2.56. The molecule has 194 valence electrons. The zero-order valence-electron chi connectivity index (χ0n) is 21.0. The van der Waals surface area contributed by atoms with Gasteiger partial charge in [0.25, 0.3) is 5.91 Å². The summed E-state index contributed by atoms with van der Waals surface area (Å²) in [6.45, 7) is 1.27. The van der Waals surface area contributed by atoms with Gasteiger partial charge in [-0.2, -0.15) is 0 Å². The molecule has 2 aliphatic carbocycles. The van der Waals surface area contributed by atoms with E-state index in [0.29, 0.717) is 23.8 Å². The van der Waals surface area contributed by atoms with Crippen LogP contribution in [0.25, 0.3) is 0 Å². The Kier molecular flexibility index (Phi) is 7.15. The number of anilines is 2. The summed E-state index contributed by atoms with van der Waals surface area (Å²) in [7, 11) is 0. The Morgan fingerprint density at radius 2 is 1.47 bits per heavy atom. The Hall–Kier alpha value is -2.74. The summed E-state index contributed by atoms with van der Waals surface area (Å²) >= 11 is 0. The van der Waals surface area contributed by atoms with E-state index in [1.54, 1.807) is 24.3 Å². The first-order valence-electron chi connectivity index (χ1n) is 13.6. The van der Waals surface area contributed by atoms with Crippen LogP contribution in [-0.4, -0.2) is 57.7 Å². The standard InChI is InChI=1S/C28H37N3O5/c1-17(32)27(34)31(25-11-3-2-10-24(25)29-26(33)28(35)36)23-15-20-8-5-9-21(16-23)30(20)22-13-18-6-4-7-19(12-18)14-22/h2-3,10-11,18-23H,4-9,12-16H2,1H3,(H,29,33)(H,35,36). The van der Waals surface area contributed by atoms with Crippen molar-refractivity contribution >= 4 is 34.9 Å². The third-order valence-corrected chi connectivity index (χ3v) is 9.02. The van der Waals surface area contributed by atoms with Crippen molar-refractivity contribution in [2.24, 2.45) is 11.8 Å². The molecule has 2 heterocycles. The predicted octanol–water partition coefficient (Wildman–Crippen LogP) is 3.99. The van der Waals surface area contributed by atoms with Gasteiger partial charge in [0.15, 0.2) is 0 Å². The van der Waals surface area contributed by atoms with Gasteiger partial charge in [-0.05, 0) is 68.9 Å². The Bertz CT molecular complexity index is 1020. The fraction of sp³-hybridized carbons (Fsp3) is 0.643. The van der Waals surface area contributed by atoms with Crippen LogP contribution in [0.4, 0.5) is 11.4 Å². The van der Waals surface area contributed by atoms with Gasteiger partial charge in [0.2, 0.25) is 5.78 Å². The van der Waals surface area contributed by atoms with Crippen molar-refractivity contribution in [1.82, 2.24) is 4.90 Å². The molecule has 2 saturated heterocycles. The van der Waals surface area contributed by atoms with Gasteiger partial charge in [-0.15, -0.1) is 0 Å². The highest BCUT2D eigenvalue weighted by Crippen LogP contribution is 2.47. The quantitative estimate of drug-likeness (QED) is 0.599. The maximum atomic E-state index is 13.3. The van der Waals surface area contributed by atoms with Crippen LogP contribution in [0.5, 0.6) is 0 Å². The van der Waals surface area contributed by atoms with Crippen LogP contribution < -0.4 is 10.2 Å². The van der Waals surface area contributed by atoms with E-state index < -0.39 is 23.6 Å². The molecule has 4 bridgehead atoms. The van der Waals surface area contributed by atoms with E-state index in [1.807, 2.05) is 0 Å². The fourth-order valence-corrected chi connectivity index (χ4v) is 7.74. The van der Waals surface area contributed by atoms with Crippen molar-refractivity contribution in [2.45, 2.75) is 102 Å². The number of nitrogens with zero attached hydrogens (tertiary/aromatic N) is 2. The van der Waals surface area contributed by atoms with Gasteiger partial charge in [0.05, 0.1) is 11.4 Å². The van der Waals surface area contributed by atoms with Gasteiger partial charge in [-0.1, -0.05) is 37.8 Å². The number of fused-ring (bicyclic) bond motifs is 4. The second kappa shape index (κ2) is 10.3. The SMILES string of the molecule is CC(=O)C(=O)N(c1ccccc1NC(=O)C(=O)O)C1CC2CCCC(C1)N2C1CC2CCCC(C2)C1. The zero-order chi connectivity index (χ0) is 25.4. The number of amides is 2. The molecule has 1 aromatic carbocycles. The molecule has 4 unspecified atom stereocenters. The third kappa shape index (κ3) is 4.92. The van der Waals surface area contributed by atoms with E-state index >= 15 is 0 Å². The van der Waals surface area contributed by atoms with Gasteiger partial charge in [0, 0.05) is 31.1 Å². The number of hydrogen-bond donors (Lipinski definition) is 2. The van der Waals surface area contributed by atoms with Gasteiger partial charge in [-0.25, -0.2) is 4.79 Å². The largest absolute Gasteiger partial charge is 0.474 e. The zero-order valence-corrected chi connectivity index (χ0v) is 21.0. The molecule has 4 aliphatic rings. The molecule has 5 rings (SSSR count). The first-order chi connectivity index (χ1) is 17.3. The van der Waals surface area contributed by atoms with Gasteiger partial charge in [0.1, 0.15) is 0 Å². The maximum absolute atomic E-state index is 13.3. The molecule has 8 nitrogen and oxygen atoms in total. The van der Waals surface area contributed by atoms with E-state index in [-0.39, 0.29) is 11.7 Å². The lowest BCUT2D eigenvalue weighted by atomic mass is 9.68. The smallest absolute Gasteiger partial charge is 0.394 e. The molecule has 0 spiro atoms. The second-order valence-corrected chi connectivity index (χ2v) is 11.3. The number of carboxylic acid groups (broad SMARTS) is 1. The minimum absolute atomic E-state index is 0.182. The summed E-state index contributed by atoms with van der Waals surface area (Å²) in [6, 6.07) is 7.85. The van der Waals surface area contributed by atoms with Crippen LogP contribution >= 0.6 is 0 Å². The van der Waals surface area contributed by atoms with Crippen LogP contribution in [0.15, 0.2) is 24.3 Å². The summed E-state index contributed by atoms with van der Waals surface area (Å²) in [4.78, 5) is 53.1. The number of ketones is 1. The number of rotatable bonds is 5. The Balaban J connectivity index is 1.42. The molecule has 1 aromatic rings. The molecule has 2 aliphatic heterocycles. The normalized spacial score (nSPS) is 31.8. The molecule has 2 amide bonds. The topological polar surface area (TPSA) is 107 Å². The summed E-state index contributed by atoms with van der Waals surface area (Å²) in [5.41, 5.74) is 0.614. The van der Waals surface area contributed by atoms with Gasteiger partial charge in [-0.3, -0.25) is 19.3 Å². The summed E-state index contributed by atoms with van der Waals surface area (Å²) < 4.78 is 0. The van der Waals surface area contributed by atoms with Gasteiger partial charge < -0.3 is 15.3 Å². The van der Waals surface area contributed by atoms with E-state index in [9.17, 15) is 19.2 Å². The number of aliphatic carboxylic acids is 1. The van der Waals surface area contributed by atoms with Crippen LogP contribution in [-0.2, 0) is 19.2 Å². The van der Waals surface area contributed by atoms with Crippen molar-refractivity contribution in [3.8, 4) is 0 Å². The lowest BCUT2D eigenvalue weighted by molar-refractivity contribution is -0.147. The second-order valence-electron chi connectivity index (χ2n) is 11.3. The number of carbonyl (C=O) groups is 4. The van der Waals surface area contributed by atoms with Crippen LogP contribution in [0.3, 0.4) is 0 Å². The summed E-state index contributed by atoms with van der Waals surface area (Å²) in [5, 5.41) is 11.5. The minimum Gasteiger partial charge on any atom is -0.474 e. The average Bonchev–Trinajstić information content (AvgIpc) is 2.84. The van der Waals surface area contributed by atoms with Crippen molar-refractivity contribution in [3.05, 3.63) is 24.3 Å². The molecule has 0 aromatic heterocycles. The monoisotopic (exact) mass is 495 g/mol. The molecule has 2 N–H and O–H groups in total.